The quantitative estimate of drug-likeness (QED) is 0.528. The van der Waals surface area contributed by atoms with Gasteiger partial charge in [0, 0.05) is 18.8 Å². The van der Waals surface area contributed by atoms with E-state index in [1.165, 1.54) is 19.2 Å². The number of halogens is 3. The second-order valence-electron chi connectivity index (χ2n) is 3.95. The molecule has 0 fully saturated rings. The number of rotatable bonds is 4. The number of hydrogen-bond acceptors (Lipinski definition) is 4. The average Bonchev–Trinajstić information content (AvgIpc) is 2.44. The summed E-state index contributed by atoms with van der Waals surface area (Å²) in [5, 5.41) is 0. The molecule has 1 aromatic carbocycles. The second kappa shape index (κ2) is 6.92. The van der Waals surface area contributed by atoms with E-state index in [1.807, 2.05) is 0 Å². The fraction of sp³-hybridized carbons (Fsp3) is 0.286. The van der Waals surface area contributed by atoms with Crippen LogP contribution < -0.4 is 5.73 Å². The Kier molecular flexibility index (Phi) is 5.52. The summed E-state index contributed by atoms with van der Waals surface area (Å²) in [5.74, 6) is -0.738. The van der Waals surface area contributed by atoms with Gasteiger partial charge in [0.1, 0.15) is 5.57 Å². The number of aliphatic imine (C=N–C) groups is 1. The van der Waals surface area contributed by atoms with Crippen LogP contribution >= 0.6 is 0 Å². The van der Waals surface area contributed by atoms with Gasteiger partial charge in [-0.25, -0.2) is 4.79 Å². The van der Waals surface area contributed by atoms with Gasteiger partial charge in [-0.05, 0) is 19.1 Å². The third-order valence-corrected chi connectivity index (χ3v) is 2.60. The van der Waals surface area contributed by atoms with Crippen LogP contribution in [0.25, 0.3) is 0 Å². The number of esters is 1. The number of hydrogen-bond donors (Lipinski definition) is 1. The summed E-state index contributed by atoms with van der Waals surface area (Å²) in [5.41, 5.74) is 4.64. The van der Waals surface area contributed by atoms with Crippen molar-refractivity contribution < 1.29 is 22.7 Å². The van der Waals surface area contributed by atoms with E-state index < -0.39 is 17.7 Å². The number of carbonyl (C=O) groups excluding carboxylic acids is 1. The Labute approximate surface area is 120 Å². The minimum absolute atomic E-state index is 0.0436. The van der Waals surface area contributed by atoms with E-state index in [-0.39, 0.29) is 23.5 Å². The maximum Gasteiger partial charge on any atom is 0.416 e. The summed E-state index contributed by atoms with van der Waals surface area (Å²) < 4.78 is 43.0. The van der Waals surface area contributed by atoms with Crippen LogP contribution in [0.15, 0.2) is 41.0 Å². The first kappa shape index (κ1) is 16.7. The van der Waals surface area contributed by atoms with Gasteiger partial charge in [-0.1, -0.05) is 12.1 Å². The highest BCUT2D eigenvalue weighted by molar-refractivity contribution is 6.26. The third kappa shape index (κ3) is 4.08. The van der Waals surface area contributed by atoms with E-state index in [1.54, 1.807) is 6.92 Å². The van der Waals surface area contributed by atoms with Crippen molar-refractivity contribution in [3.8, 4) is 0 Å². The van der Waals surface area contributed by atoms with Gasteiger partial charge in [0.15, 0.2) is 0 Å². The van der Waals surface area contributed by atoms with Crippen molar-refractivity contribution in [2.24, 2.45) is 10.7 Å². The van der Waals surface area contributed by atoms with Crippen LogP contribution in [-0.2, 0) is 15.7 Å². The van der Waals surface area contributed by atoms with Crippen LogP contribution in [0.5, 0.6) is 0 Å². The van der Waals surface area contributed by atoms with Crippen molar-refractivity contribution in [1.29, 1.82) is 0 Å². The molecule has 0 unspecified atom stereocenters. The smallest absolute Gasteiger partial charge is 0.416 e. The van der Waals surface area contributed by atoms with Crippen LogP contribution in [0.1, 0.15) is 18.1 Å². The van der Waals surface area contributed by atoms with Crippen LogP contribution in [0.4, 0.5) is 13.2 Å². The molecule has 0 bridgehead atoms. The number of alkyl halides is 3. The molecule has 7 heteroatoms. The molecule has 0 radical (unpaired) electrons. The molecule has 1 rings (SSSR count). The Balaban J connectivity index is 3.26. The lowest BCUT2D eigenvalue weighted by molar-refractivity contribution is -0.138. The molecule has 1 aromatic rings. The first-order chi connectivity index (χ1) is 9.85. The normalized spacial score (nSPS) is 13.2. The monoisotopic (exact) mass is 300 g/mol. The fourth-order valence-corrected chi connectivity index (χ4v) is 1.70. The fourth-order valence-electron chi connectivity index (χ4n) is 1.70. The van der Waals surface area contributed by atoms with E-state index in [0.29, 0.717) is 0 Å². The van der Waals surface area contributed by atoms with Crippen molar-refractivity contribution in [3.05, 3.63) is 47.2 Å². The number of ether oxygens (including phenoxy) is 1. The molecule has 0 spiro atoms. The maximum atomic E-state index is 12.7. The summed E-state index contributed by atoms with van der Waals surface area (Å²) in [7, 11) is 1.36. The van der Waals surface area contributed by atoms with Gasteiger partial charge in [0.05, 0.1) is 17.9 Å². The molecule has 0 saturated heterocycles. The van der Waals surface area contributed by atoms with E-state index in [4.69, 9.17) is 10.5 Å². The van der Waals surface area contributed by atoms with E-state index in [9.17, 15) is 18.0 Å². The van der Waals surface area contributed by atoms with E-state index in [0.717, 1.165) is 18.3 Å². The van der Waals surface area contributed by atoms with Gasteiger partial charge in [-0.2, -0.15) is 13.2 Å². The Hall–Kier alpha value is -2.31. The minimum atomic E-state index is -4.48. The van der Waals surface area contributed by atoms with E-state index >= 15 is 0 Å². The average molecular weight is 300 g/mol. The molecular weight excluding hydrogens is 285 g/mol. The SMILES string of the molecule is CCOC(=O)C(=CN)C(=NC)c1cccc(C(F)(F)F)c1. The van der Waals surface area contributed by atoms with Crippen molar-refractivity contribution in [2.75, 3.05) is 13.7 Å². The number of carbonyl (C=O) groups is 1. The van der Waals surface area contributed by atoms with Crippen LogP contribution in [-0.4, -0.2) is 25.3 Å². The molecule has 0 atom stereocenters. The molecular formula is C14H15F3N2O2. The largest absolute Gasteiger partial charge is 0.462 e. The van der Waals surface area contributed by atoms with Crippen LogP contribution in [0, 0.1) is 0 Å². The molecule has 0 aliphatic rings. The Morgan fingerprint density at radius 2 is 2.10 bits per heavy atom. The van der Waals surface area contributed by atoms with Gasteiger partial charge in [0.2, 0.25) is 0 Å². The molecule has 2 N–H and O–H groups in total. The highest BCUT2D eigenvalue weighted by Crippen LogP contribution is 2.30. The molecule has 21 heavy (non-hydrogen) atoms. The zero-order chi connectivity index (χ0) is 16.0. The topological polar surface area (TPSA) is 64.7 Å². The first-order valence-corrected chi connectivity index (χ1v) is 6.09. The van der Waals surface area contributed by atoms with Crippen molar-refractivity contribution in [1.82, 2.24) is 0 Å². The zero-order valence-corrected chi connectivity index (χ0v) is 11.6. The lowest BCUT2D eigenvalue weighted by Gasteiger charge is -2.12. The number of nitrogens with zero attached hydrogens (tertiary/aromatic N) is 1. The predicted octanol–water partition coefficient (Wildman–Crippen LogP) is 2.53. The highest BCUT2D eigenvalue weighted by Gasteiger charge is 2.31. The van der Waals surface area contributed by atoms with Crippen molar-refractivity contribution >= 4 is 11.7 Å². The summed E-state index contributed by atoms with van der Waals surface area (Å²) >= 11 is 0. The standard InChI is InChI=1S/C14H15F3N2O2/c1-3-21-13(20)11(8-18)12(19-2)9-5-4-6-10(7-9)14(15,16)17/h4-8H,3,18H2,1-2H3. The molecule has 0 aromatic heterocycles. The Morgan fingerprint density at radius 1 is 1.43 bits per heavy atom. The van der Waals surface area contributed by atoms with Gasteiger partial charge in [-0.15, -0.1) is 0 Å². The molecule has 0 heterocycles. The lowest BCUT2D eigenvalue weighted by Crippen LogP contribution is -2.19. The third-order valence-electron chi connectivity index (χ3n) is 2.60. The molecule has 114 valence electrons. The van der Waals surface area contributed by atoms with Gasteiger partial charge >= 0.3 is 12.1 Å². The van der Waals surface area contributed by atoms with E-state index in [2.05, 4.69) is 4.99 Å². The van der Waals surface area contributed by atoms with Gasteiger partial charge < -0.3 is 10.5 Å². The van der Waals surface area contributed by atoms with Crippen LogP contribution in [0.2, 0.25) is 0 Å². The molecule has 0 aliphatic carbocycles. The lowest BCUT2D eigenvalue weighted by atomic mass is 10.0. The van der Waals surface area contributed by atoms with Gasteiger partial charge in [0.25, 0.3) is 0 Å². The maximum absolute atomic E-state index is 12.7. The zero-order valence-electron chi connectivity index (χ0n) is 11.6. The Morgan fingerprint density at radius 3 is 2.57 bits per heavy atom. The van der Waals surface area contributed by atoms with Crippen molar-refractivity contribution in [2.45, 2.75) is 13.1 Å². The Bertz CT molecular complexity index is 578. The van der Waals surface area contributed by atoms with Gasteiger partial charge in [-0.3, -0.25) is 4.99 Å². The molecule has 0 amide bonds. The number of nitrogens with two attached hydrogens (primary N) is 1. The first-order valence-electron chi connectivity index (χ1n) is 6.09. The van der Waals surface area contributed by atoms with Crippen LogP contribution in [0.3, 0.4) is 0 Å². The molecule has 4 nitrogen and oxygen atoms in total. The summed E-state index contributed by atoms with van der Waals surface area (Å²) in [6.07, 6.45) is -3.51. The summed E-state index contributed by atoms with van der Waals surface area (Å²) in [4.78, 5) is 15.6. The minimum Gasteiger partial charge on any atom is -0.462 e. The molecule has 0 aliphatic heterocycles. The molecule has 0 saturated carbocycles. The second-order valence-corrected chi connectivity index (χ2v) is 3.95. The summed E-state index contributed by atoms with van der Waals surface area (Å²) in [6.45, 7) is 1.73. The highest BCUT2D eigenvalue weighted by atomic mass is 19.4. The predicted molar refractivity (Wildman–Crippen MR) is 72.8 cm³/mol. The number of benzene rings is 1. The van der Waals surface area contributed by atoms with Crippen molar-refractivity contribution in [3.63, 3.8) is 0 Å². The summed E-state index contributed by atoms with van der Waals surface area (Å²) in [6, 6.07) is 4.50.